The minimum atomic E-state index is -0.648. The van der Waals surface area contributed by atoms with Gasteiger partial charge in [-0.25, -0.2) is 14.7 Å². The summed E-state index contributed by atoms with van der Waals surface area (Å²) in [5, 5.41) is 29.2. The molecule has 3 N–H and O–H groups in total. The molecule has 0 aliphatic rings. The van der Waals surface area contributed by atoms with Gasteiger partial charge in [-0.15, -0.1) is 0 Å². The summed E-state index contributed by atoms with van der Waals surface area (Å²) in [5.74, 6) is -0.353. The molecule has 6 aromatic rings. The zero-order valence-electron chi connectivity index (χ0n) is 73.8. The van der Waals surface area contributed by atoms with Crippen molar-refractivity contribution in [3.63, 3.8) is 0 Å². The Labute approximate surface area is 710 Å². The van der Waals surface area contributed by atoms with E-state index in [-0.39, 0.29) is 57.5 Å². The second-order valence-electron chi connectivity index (χ2n) is 31.1. The number of benzene rings is 6. The Bertz CT molecular complexity index is 3310. The third kappa shape index (κ3) is 53.4. The van der Waals surface area contributed by atoms with E-state index in [1.807, 2.05) is 208 Å². The summed E-state index contributed by atoms with van der Waals surface area (Å²) in [5.41, 5.74) is 10.1. The molecule has 6 unspecified atom stereocenters. The number of unbranched alkanes of at least 4 members (excludes halogenated alkanes) is 28. The maximum atomic E-state index is 13.2. The zero-order valence-corrected chi connectivity index (χ0v) is 73.8. The average Bonchev–Trinajstić information content (AvgIpc) is 0.873. The molecule has 660 valence electrons. The van der Waals surface area contributed by atoms with Gasteiger partial charge in [0.2, 0.25) is 0 Å². The Morgan fingerprint density at radius 1 is 0.254 bits per heavy atom. The van der Waals surface area contributed by atoms with Gasteiger partial charge in [0.05, 0.1) is 17.8 Å². The Morgan fingerprint density at radius 3 is 0.602 bits per heavy atom. The van der Waals surface area contributed by atoms with Crippen molar-refractivity contribution in [3.05, 3.63) is 196 Å². The van der Waals surface area contributed by atoms with Crippen molar-refractivity contribution in [3.8, 4) is 17.2 Å². The highest BCUT2D eigenvalue weighted by atomic mass is 17.1. The van der Waals surface area contributed by atoms with E-state index in [1.54, 1.807) is 0 Å². The summed E-state index contributed by atoms with van der Waals surface area (Å²) >= 11 is 0. The van der Waals surface area contributed by atoms with Crippen molar-refractivity contribution in [1.29, 1.82) is 0 Å². The summed E-state index contributed by atoms with van der Waals surface area (Å²) in [6.07, 6.45) is 39.8. The maximum Gasteiger partial charge on any atom is 0.311 e. The summed E-state index contributed by atoms with van der Waals surface area (Å²) in [4.78, 5) is 77.8. The van der Waals surface area contributed by atoms with E-state index in [0.717, 1.165) is 95.6 Å². The minimum absolute atomic E-state index is 0.156. The van der Waals surface area contributed by atoms with Crippen LogP contribution in [0, 0.1) is 59.3 Å². The molecule has 0 radical (unpaired) electrons. The first-order chi connectivity index (χ1) is 57.6. The zero-order chi connectivity index (χ0) is 86.9. The number of aryl methyl sites for hydroxylation is 6. The standard InChI is InChI=1S/C37H58O5.C31H46O5.C29H42O5.3CH2O/c1-4-5-6-7-8-9-10-11-12-13-14-15-16-17-18-19-35(36(42-39)30-33-24-20-31(2)21-25-33)37(38)41-29-28-40-34-26-22-32(3)23-27-34;1-4-5-6-7-8-9-10-11-12-13-29(30(36-33)24-27-18-14-25(2)15-19-27)31(32)35-23-22-34-28-20-16-26(3)17-21-28;1-4-5-6-7-8-9-10-11-27(28(34-31)22-25-16-12-23(2)13-17-25)29(30)33-21-20-32-26-18-14-24(3)15-19-26;3*1-2/h20-27,35-36,39H,4-19,28-30H2,1-3H3;14-21,29-30,33H,4-13,22-24H2,1-3H3;12-19,27-28,31H,4-11,20-22H2,1-3H3;3*1H2. The Kier molecular flexibility index (Phi) is 67.7. The Hall–Kier alpha value is -8.10. The number of rotatable bonds is 61. The normalized spacial score (nSPS) is 12.2. The first-order valence-electron chi connectivity index (χ1n) is 44.1. The van der Waals surface area contributed by atoms with E-state index < -0.39 is 36.1 Å². The average molecular weight is 1640 g/mol. The fraction of sp³-hybridized carbons (Fsp3) is 0.580. The Balaban J connectivity index is 0.000000861. The number of ether oxygens (including phenoxy) is 6. The van der Waals surface area contributed by atoms with E-state index in [1.165, 1.54) is 171 Å². The first-order valence-corrected chi connectivity index (χ1v) is 44.1. The summed E-state index contributed by atoms with van der Waals surface area (Å²) < 4.78 is 33.8. The molecule has 0 heterocycles. The molecule has 6 atom stereocenters. The van der Waals surface area contributed by atoms with Gasteiger partial charge in [0, 0.05) is 19.3 Å². The third-order valence-corrected chi connectivity index (χ3v) is 21.0. The molecule has 6 aromatic carbocycles. The molecule has 0 aromatic heterocycles. The van der Waals surface area contributed by atoms with Crippen molar-refractivity contribution < 1.29 is 87.6 Å². The van der Waals surface area contributed by atoms with Gasteiger partial charge in [-0.1, -0.05) is 362 Å². The van der Waals surface area contributed by atoms with Crippen LogP contribution in [0.1, 0.15) is 289 Å². The van der Waals surface area contributed by atoms with Crippen molar-refractivity contribution in [2.45, 2.75) is 318 Å². The quantitative estimate of drug-likeness (QED) is 0.0106. The molecule has 0 spiro atoms. The topological polar surface area (TPSA) is 246 Å². The molecule has 18 heteroatoms. The SMILES string of the molecule is C=O.C=O.C=O.CCCCCCCCCC(C(=O)OCCOc1ccc(C)cc1)C(Cc1ccc(C)cc1)OO.CCCCCCCCCCCC(C(=O)OCCOc1ccc(C)cc1)C(Cc1ccc(C)cc1)OO.CCCCCCCCCCCCCCCCCC(C(=O)OCCOc1ccc(C)cc1)C(Cc1ccc(C)cc1)OO. The van der Waals surface area contributed by atoms with Gasteiger partial charge < -0.3 is 42.8 Å². The highest BCUT2D eigenvalue weighted by Crippen LogP contribution is 2.28. The molecule has 0 aliphatic heterocycles. The second kappa shape index (κ2) is 74.0. The van der Waals surface area contributed by atoms with Gasteiger partial charge in [-0.2, -0.15) is 0 Å². The van der Waals surface area contributed by atoms with E-state index in [2.05, 4.69) is 20.8 Å². The van der Waals surface area contributed by atoms with Crippen LogP contribution in [0.25, 0.3) is 0 Å². The van der Waals surface area contributed by atoms with E-state index in [0.29, 0.717) is 38.5 Å². The van der Waals surface area contributed by atoms with Gasteiger partial charge >= 0.3 is 17.9 Å². The first kappa shape index (κ1) is 108. The number of esters is 3. The lowest BCUT2D eigenvalue weighted by molar-refractivity contribution is -0.290. The Morgan fingerprint density at radius 2 is 0.424 bits per heavy atom. The van der Waals surface area contributed by atoms with Crippen molar-refractivity contribution >= 4 is 38.3 Å². The molecule has 118 heavy (non-hydrogen) atoms. The van der Waals surface area contributed by atoms with Crippen molar-refractivity contribution in [2.24, 2.45) is 17.8 Å². The molecular weight excluding hydrogens is 1490 g/mol. The van der Waals surface area contributed by atoms with Gasteiger partial charge in [-0.3, -0.25) is 30.2 Å². The van der Waals surface area contributed by atoms with Crippen LogP contribution in [-0.2, 0) is 76.9 Å². The molecular formula is C100H152O18. The molecule has 0 amide bonds. The van der Waals surface area contributed by atoms with Crippen molar-refractivity contribution in [2.75, 3.05) is 39.6 Å². The fourth-order valence-corrected chi connectivity index (χ4v) is 13.9. The summed E-state index contributed by atoms with van der Waals surface area (Å²) in [7, 11) is 0. The number of hydrogen-bond acceptors (Lipinski definition) is 18. The number of carbonyl (C=O) groups excluding carboxylic acids is 6. The highest BCUT2D eigenvalue weighted by Gasteiger charge is 2.34. The van der Waals surface area contributed by atoms with Crippen LogP contribution < -0.4 is 14.2 Å². The van der Waals surface area contributed by atoms with E-state index in [4.69, 9.17) is 57.5 Å². The van der Waals surface area contributed by atoms with Crippen LogP contribution in [0.5, 0.6) is 17.2 Å². The van der Waals surface area contributed by atoms with Crippen LogP contribution in [0.15, 0.2) is 146 Å². The largest absolute Gasteiger partial charge is 0.490 e. The highest BCUT2D eigenvalue weighted by molar-refractivity contribution is 5.74. The van der Waals surface area contributed by atoms with Crippen LogP contribution in [-0.4, -0.2) is 112 Å². The van der Waals surface area contributed by atoms with Crippen LogP contribution in [0.2, 0.25) is 0 Å². The lowest BCUT2D eigenvalue weighted by atomic mass is 9.90. The van der Waals surface area contributed by atoms with Gasteiger partial charge in [0.1, 0.15) is 95.6 Å². The molecule has 0 fully saturated rings. The third-order valence-electron chi connectivity index (χ3n) is 21.0. The lowest BCUT2D eigenvalue weighted by Gasteiger charge is -2.23. The van der Waals surface area contributed by atoms with Gasteiger partial charge in [-0.05, 0) is 114 Å². The van der Waals surface area contributed by atoms with Gasteiger partial charge in [0.25, 0.3) is 0 Å². The predicted molar refractivity (Wildman–Crippen MR) is 476 cm³/mol. The van der Waals surface area contributed by atoms with Crippen molar-refractivity contribution in [1.82, 2.24) is 0 Å². The van der Waals surface area contributed by atoms with Gasteiger partial charge in [0.15, 0.2) is 0 Å². The van der Waals surface area contributed by atoms with Crippen LogP contribution in [0.3, 0.4) is 0 Å². The molecule has 0 saturated carbocycles. The molecule has 0 bridgehead atoms. The molecule has 0 aliphatic carbocycles. The smallest absolute Gasteiger partial charge is 0.311 e. The number of carbonyl (C=O) groups is 6. The second-order valence-corrected chi connectivity index (χ2v) is 31.1. The fourth-order valence-electron chi connectivity index (χ4n) is 13.9. The molecule has 6 rings (SSSR count). The van der Waals surface area contributed by atoms with E-state index in [9.17, 15) is 30.2 Å². The minimum Gasteiger partial charge on any atom is -0.490 e. The van der Waals surface area contributed by atoms with Crippen LogP contribution >= 0.6 is 0 Å². The maximum absolute atomic E-state index is 13.2. The molecule has 0 saturated heterocycles. The summed E-state index contributed by atoms with van der Waals surface area (Å²) in [6, 6.07) is 47.6. The predicted octanol–water partition coefficient (Wildman–Crippen LogP) is 24.6. The monoisotopic (exact) mass is 1640 g/mol. The molecule has 18 nitrogen and oxygen atoms in total. The summed E-state index contributed by atoms with van der Waals surface area (Å²) in [6.45, 7) is 26.2. The van der Waals surface area contributed by atoms with E-state index >= 15 is 0 Å². The lowest BCUT2D eigenvalue weighted by Crippen LogP contribution is -2.34. The number of hydrogen-bond donors (Lipinski definition) is 3. The van der Waals surface area contributed by atoms with Crippen LogP contribution in [0.4, 0.5) is 0 Å².